The van der Waals surface area contributed by atoms with Crippen molar-refractivity contribution in [3.8, 4) is 0 Å². The zero-order chi connectivity index (χ0) is 17.6. The summed E-state index contributed by atoms with van der Waals surface area (Å²) in [5, 5.41) is 3.06. The van der Waals surface area contributed by atoms with Crippen LogP contribution in [0.2, 0.25) is 0 Å². The van der Waals surface area contributed by atoms with Gasteiger partial charge in [0, 0.05) is 36.4 Å². The average Bonchev–Trinajstić information content (AvgIpc) is 3.21. The molecule has 1 N–H and O–H groups in total. The van der Waals surface area contributed by atoms with E-state index in [1.54, 1.807) is 11.8 Å². The predicted octanol–water partition coefficient (Wildman–Crippen LogP) is 3.45. The van der Waals surface area contributed by atoms with Crippen molar-refractivity contribution in [3.05, 3.63) is 29.8 Å². The smallest absolute Gasteiger partial charge is 0.225 e. The molecule has 0 aromatic heterocycles. The Morgan fingerprint density at radius 3 is 2.28 bits per heavy atom. The number of rotatable bonds is 5. The fourth-order valence-electron chi connectivity index (χ4n) is 3.87. The molecule has 1 aromatic carbocycles. The van der Waals surface area contributed by atoms with Crippen molar-refractivity contribution < 1.29 is 9.59 Å². The van der Waals surface area contributed by atoms with Crippen LogP contribution < -0.4 is 5.32 Å². The van der Waals surface area contributed by atoms with Crippen molar-refractivity contribution in [2.75, 3.05) is 19.3 Å². The van der Waals surface area contributed by atoms with Crippen molar-refractivity contribution in [1.29, 1.82) is 0 Å². The van der Waals surface area contributed by atoms with Crippen LogP contribution in [-0.2, 0) is 16.1 Å². The van der Waals surface area contributed by atoms with Crippen LogP contribution in [-0.4, -0.2) is 36.1 Å². The van der Waals surface area contributed by atoms with E-state index in [1.807, 2.05) is 4.90 Å². The maximum Gasteiger partial charge on any atom is 0.225 e. The Kier molecular flexibility index (Phi) is 6.40. The zero-order valence-electron chi connectivity index (χ0n) is 15.0. The third-order valence-electron chi connectivity index (χ3n) is 5.51. The van der Waals surface area contributed by atoms with Gasteiger partial charge in [-0.05, 0) is 49.6 Å². The second kappa shape index (κ2) is 8.75. The summed E-state index contributed by atoms with van der Waals surface area (Å²) in [6.45, 7) is 2.04. The maximum atomic E-state index is 12.5. The van der Waals surface area contributed by atoms with Crippen molar-refractivity contribution in [2.45, 2.75) is 50.0 Å². The van der Waals surface area contributed by atoms with Crippen LogP contribution in [0.1, 0.15) is 44.1 Å². The van der Waals surface area contributed by atoms with Crippen molar-refractivity contribution in [2.24, 2.45) is 11.8 Å². The standard InChI is InChI=1S/C20H28N2O2S/c1-25-18-8-6-15(7-9-18)14-21-19(23)16-10-12-22(13-11-16)20(24)17-4-2-3-5-17/h6-9,16-17H,2-5,10-14H2,1H3,(H,21,23). The van der Waals surface area contributed by atoms with Gasteiger partial charge in [0.1, 0.15) is 0 Å². The number of amides is 2. The fraction of sp³-hybridized carbons (Fsp3) is 0.600. The Balaban J connectivity index is 1.42. The summed E-state index contributed by atoms with van der Waals surface area (Å²) in [6.07, 6.45) is 8.11. The monoisotopic (exact) mass is 360 g/mol. The van der Waals surface area contributed by atoms with Crippen LogP contribution in [0.4, 0.5) is 0 Å². The third kappa shape index (κ3) is 4.78. The Labute approximate surface area is 154 Å². The van der Waals surface area contributed by atoms with Crippen LogP contribution in [0.3, 0.4) is 0 Å². The van der Waals surface area contributed by atoms with Gasteiger partial charge in [-0.15, -0.1) is 11.8 Å². The molecule has 0 radical (unpaired) electrons. The van der Waals surface area contributed by atoms with Gasteiger partial charge in [0.15, 0.2) is 0 Å². The number of benzene rings is 1. The molecule has 0 spiro atoms. The van der Waals surface area contributed by atoms with E-state index in [1.165, 1.54) is 17.7 Å². The highest BCUT2D eigenvalue weighted by atomic mass is 32.2. The minimum absolute atomic E-state index is 0.0399. The molecule has 1 saturated carbocycles. The number of hydrogen-bond donors (Lipinski definition) is 1. The molecule has 4 nitrogen and oxygen atoms in total. The first-order chi connectivity index (χ1) is 12.2. The molecule has 2 amide bonds. The summed E-state index contributed by atoms with van der Waals surface area (Å²) in [6, 6.07) is 8.29. The molecule has 0 unspecified atom stereocenters. The highest BCUT2D eigenvalue weighted by molar-refractivity contribution is 7.98. The first-order valence-corrected chi connectivity index (χ1v) is 10.6. The molecule has 0 bridgehead atoms. The van der Waals surface area contributed by atoms with Crippen molar-refractivity contribution >= 4 is 23.6 Å². The molecule has 2 aliphatic rings. The first-order valence-electron chi connectivity index (χ1n) is 9.37. The lowest BCUT2D eigenvalue weighted by atomic mass is 9.94. The van der Waals surface area contributed by atoms with Gasteiger partial charge in [-0.1, -0.05) is 25.0 Å². The van der Waals surface area contributed by atoms with Crippen LogP contribution in [0.25, 0.3) is 0 Å². The lowest BCUT2D eigenvalue weighted by Gasteiger charge is -2.33. The van der Waals surface area contributed by atoms with E-state index in [0.29, 0.717) is 12.5 Å². The number of thioether (sulfide) groups is 1. The van der Waals surface area contributed by atoms with E-state index in [4.69, 9.17) is 0 Å². The highest BCUT2D eigenvalue weighted by Gasteiger charge is 2.31. The molecule has 136 valence electrons. The Hall–Kier alpha value is -1.49. The minimum atomic E-state index is 0.0399. The second-order valence-corrected chi connectivity index (χ2v) is 8.03. The molecule has 5 heteroatoms. The fourth-order valence-corrected chi connectivity index (χ4v) is 4.28. The van der Waals surface area contributed by atoms with E-state index in [0.717, 1.165) is 44.3 Å². The molecule has 1 aromatic rings. The molecule has 3 rings (SSSR count). The Morgan fingerprint density at radius 1 is 1.04 bits per heavy atom. The quantitative estimate of drug-likeness (QED) is 0.818. The van der Waals surface area contributed by atoms with Crippen molar-refractivity contribution in [1.82, 2.24) is 10.2 Å². The van der Waals surface area contributed by atoms with E-state index >= 15 is 0 Å². The zero-order valence-corrected chi connectivity index (χ0v) is 15.8. The van der Waals surface area contributed by atoms with Gasteiger partial charge < -0.3 is 10.2 Å². The van der Waals surface area contributed by atoms with Crippen LogP contribution >= 0.6 is 11.8 Å². The maximum absolute atomic E-state index is 12.5. The Morgan fingerprint density at radius 2 is 1.68 bits per heavy atom. The van der Waals surface area contributed by atoms with Gasteiger partial charge in [-0.25, -0.2) is 0 Å². The number of nitrogens with zero attached hydrogens (tertiary/aromatic N) is 1. The number of carbonyl (C=O) groups excluding carboxylic acids is 2. The van der Waals surface area contributed by atoms with Gasteiger partial charge in [0.05, 0.1) is 0 Å². The number of likely N-dealkylation sites (tertiary alicyclic amines) is 1. The topological polar surface area (TPSA) is 49.4 Å². The number of hydrogen-bond acceptors (Lipinski definition) is 3. The summed E-state index contributed by atoms with van der Waals surface area (Å²) in [5.74, 6) is 0.736. The van der Waals surface area contributed by atoms with Gasteiger partial charge in [0.2, 0.25) is 11.8 Å². The van der Waals surface area contributed by atoms with E-state index in [-0.39, 0.29) is 17.7 Å². The lowest BCUT2D eigenvalue weighted by molar-refractivity contribution is -0.139. The Bertz CT molecular complexity index is 588. The molecule has 1 saturated heterocycles. The number of carbonyl (C=O) groups is 2. The summed E-state index contributed by atoms with van der Waals surface area (Å²) in [5.41, 5.74) is 1.12. The van der Waals surface area contributed by atoms with Crippen LogP contribution in [0.15, 0.2) is 29.2 Å². The molecular formula is C20H28N2O2S. The van der Waals surface area contributed by atoms with Gasteiger partial charge in [-0.3, -0.25) is 9.59 Å². The number of nitrogens with one attached hydrogen (secondary N) is 1. The summed E-state index contributed by atoms with van der Waals surface area (Å²) in [7, 11) is 0. The highest BCUT2D eigenvalue weighted by Crippen LogP contribution is 2.28. The molecule has 0 atom stereocenters. The molecule has 2 fully saturated rings. The van der Waals surface area contributed by atoms with Crippen LogP contribution in [0.5, 0.6) is 0 Å². The molecular weight excluding hydrogens is 332 g/mol. The molecule has 1 aliphatic heterocycles. The lowest BCUT2D eigenvalue weighted by Crippen LogP contribution is -2.44. The summed E-state index contributed by atoms with van der Waals surface area (Å²) in [4.78, 5) is 28.1. The van der Waals surface area contributed by atoms with Crippen LogP contribution in [0, 0.1) is 11.8 Å². The minimum Gasteiger partial charge on any atom is -0.352 e. The molecule has 1 aliphatic carbocycles. The summed E-state index contributed by atoms with van der Waals surface area (Å²) >= 11 is 1.72. The van der Waals surface area contributed by atoms with Gasteiger partial charge >= 0.3 is 0 Å². The first kappa shape index (κ1) is 18.3. The SMILES string of the molecule is CSc1ccc(CNC(=O)C2CCN(C(=O)C3CCCC3)CC2)cc1. The molecule has 1 heterocycles. The summed E-state index contributed by atoms with van der Waals surface area (Å²) < 4.78 is 0. The van der Waals surface area contributed by atoms with Gasteiger partial charge in [0.25, 0.3) is 0 Å². The van der Waals surface area contributed by atoms with Gasteiger partial charge in [-0.2, -0.15) is 0 Å². The largest absolute Gasteiger partial charge is 0.352 e. The number of piperidine rings is 1. The van der Waals surface area contributed by atoms with E-state index < -0.39 is 0 Å². The third-order valence-corrected chi connectivity index (χ3v) is 6.25. The van der Waals surface area contributed by atoms with Crippen molar-refractivity contribution in [3.63, 3.8) is 0 Å². The van der Waals surface area contributed by atoms with E-state index in [2.05, 4.69) is 35.8 Å². The second-order valence-electron chi connectivity index (χ2n) is 7.15. The average molecular weight is 361 g/mol. The van der Waals surface area contributed by atoms with E-state index in [9.17, 15) is 9.59 Å². The predicted molar refractivity (Wildman–Crippen MR) is 101 cm³/mol. The normalized spacial score (nSPS) is 19.2. The molecule has 25 heavy (non-hydrogen) atoms.